The first-order chi connectivity index (χ1) is 11.9. The maximum absolute atomic E-state index is 12.6. The van der Waals surface area contributed by atoms with Crippen LogP contribution in [0.5, 0.6) is 5.75 Å². The molecule has 1 aromatic carbocycles. The smallest absolute Gasteiger partial charge is 0.355 e. The van der Waals surface area contributed by atoms with Gasteiger partial charge >= 0.3 is 5.76 Å². The lowest BCUT2D eigenvalue weighted by Crippen LogP contribution is -2.33. The van der Waals surface area contributed by atoms with E-state index in [0.717, 1.165) is 18.6 Å². The number of benzene rings is 1. The van der Waals surface area contributed by atoms with Gasteiger partial charge < -0.3 is 4.74 Å². The third kappa shape index (κ3) is 6.36. The van der Waals surface area contributed by atoms with E-state index in [2.05, 4.69) is 4.72 Å². The molecule has 0 amide bonds. The highest BCUT2D eigenvalue weighted by Crippen LogP contribution is 2.28. The summed E-state index contributed by atoms with van der Waals surface area (Å²) >= 11 is 0. The Balaban J connectivity index is 3.21. The number of hydrogen-bond acceptors (Lipinski definition) is 5. The van der Waals surface area contributed by atoms with Gasteiger partial charge in [0.2, 0.25) is 10.0 Å². The van der Waals surface area contributed by atoms with Crippen LogP contribution in [-0.2, 0) is 20.0 Å². The molecule has 11 heteroatoms. The van der Waals surface area contributed by atoms with Gasteiger partial charge in [-0.3, -0.25) is 4.72 Å². The summed E-state index contributed by atoms with van der Waals surface area (Å²) < 4.78 is 82.3. The highest BCUT2D eigenvalue weighted by Gasteiger charge is 2.28. The minimum absolute atomic E-state index is 0.115. The van der Waals surface area contributed by atoms with Crippen molar-refractivity contribution in [3.8, 4) is 5.75 Å². The molecule has 0 radical (unpaired) electrons. The fourth-order valence-electron chi connectivity index (χ4n) is 2.12. The summed E-state index contributed by atoms with van der Waals surface area (Å²) in [4.78, 5) is -0.459. The van der Waals surface area contributed by atoms with Crippen LogP contribution in [0.25, 0.3) is 0 Å². The molecular weight excluding hydrogens is 390 g/mol. The predicted octanol–water partition coefficient (Wildman–Crippen LogP) is 2.76. The molecule has 0 aliphatic rings. The van der Waals surface area contributed by atoms with Crippen molar-refractivity contribution in [3.05, 3.63) is 18.2 Å². The maximum atomic E-state index is 12.6. The van der Waals surface area contributed by atoms with Gasteiger partial charge in [0, 0.05) is 12.1 Å². The Morgan fingerprint density at radius 3 is 2.19 bits per heavy atom. The topological polar surface area (TPSA) is 102 Å². The molecule has 2 N–H and O–H groups in total. The molecule has 1 aromatic rings. The molecule has 0 heterocycles. The number of rotatable bonds is 10. The van der Waals surface area contributed by atoms with Crippen molar-refractivity contribution in [2.75, 3.05) is 11.8 Å². The van der Waals surface area contributed by atoms with Crippen LogP contribution in [0.2, 0.25) is 0 Å². The molecule has 0 fully saturated rings. The van der Waals surface area contributed by atoms with E-state index in [1.165, 1.54) is 13.2 Å². The van der Waals surface area contributed by atoms with Crippen molar-refractivity contribution < 1.29 is 30.4 Å². The van der Waals surface area contributed by atoms with Gasteiger partial charge in [0.15, 0.2) is 0 Å². The Kier molecular flexibility index (Phi) is 7.78. The van der Waals surface area contributed by atoms with Crippen LogP contribution in [0.3, 0.4) is 0 Å². The van der Waals surface area contributed by atoms with Crippen LogP contribution >= 0.6 is 0 Å². The standard InChI is InChI=1S/C15H24F2N2O5S2/c1-10(2)5-6-11(3)18-25(20,21)14-8-7-12(24-4)9-13(14)19-26(22,23)15(16)17/h7-11,15,18-19H,5-6H2,1-4H3/t11-/m0/s1. The van der Waals surface area contributed by atoms with E-state index in [1.54, 1.807) is 11.6 Å². The lowest BCUT2D eigenvalue weighted by molar-refractivity contribution is 0.236. The SMILES string of the molecule is COc1ccc(S(=O)(=O)N[C@@H](C)CCC(C)C)c(NS(=O)(=O)C(F)F)c1. The molecule has 0 aliphatic heterocycles. The third-order valence-corrected chi connectivity index (χ3v) is 6.12. The number of anilines is 1. The van der Waals surface area contributed by atoms with Crippen LogP contribution in [0.15, 0.2) is 23.1 Å². The Hall–Kier alpha value is -1.46. The average molecular weight is 414 g/mol. The van der Waals surface area contributed by atoms with E-state index >= 15 is 0 Å². The summed E-state index contributed by atoms with van der Waals surface area (Å²) in [5.41, 5.74) is -0.506. The van der Waals surface area contributed by atoms with Crippen molar-refractivity contribution in [1.29, 1.82) is 0 Å². The number of sulfonamides is 2. The van der Waals surface area contributed by atoms with Crippen LogP contribution in [0.1, 0.15) is 33.6 Å². The van der Waals surface area contributed by atoms with E-state index in [-0.39, 0.29) is 5.75 Å². The summed E-state index contributed by atoms with van der Waals surface area (Å²) in [5, 5.41) is 0. The highest BCUT2D eigenvalue weighted by atomic mass is 32.2. The molecule has 0 aliphatic carbocycles. The Bertz CT molecular complexity index is 811. The monoisotopic (exact) mass is 414 g/mol. The molecule has 0 saturated heterocycles. The number of halogens is 2. The van der Waals surface area contributed by atoms with E-state index in [4.69, 9.17) is 4.74 Å². The van der Waals surface area contributed by atoms with E-state index in [9.17, 15) is 25.6 Å². The van der Waals surface area contributed by atoms with Gasteiger partial charge in [0.25, 0.3) is 10.0 Å². The highest BCUT2D eigenvalue weighted by molar-refractivity contribution is 7.93. The quantitative estimate of drug-likeness (QED) is 0.613. The van der Waals surface area contributed by atoms with Gasteiger partial charge in [0.1, 0.15) is 10.6 Å². The lowest BCUT2D eigenvalue weighted by Gasteiger charge is -2.18. The fourth-order valence-corrected chi connectivity index (χ4v) is 4.17. The fraction of sp³-hybridized carbons (Fsp3) is 0.600. The first-order valence-electron chi connectivity index (χ1n) is 7.89. The Morgan fingerprint density at radius 2 is 1.69 bits per heavy atom. The van der Waals surface area contributed by atoms with Crippen molar-refractivity contribution in [2.24, 2.45) is 5.92 Å². The minimum atomic E-state index is -5.04. The normalized spacial score (nSPS) is 13.8. The second kappa shape index (κ2) is 8.96. The molecule has 7 nitrogen and oxygen atoms in total. The summed E-state index contributed by atoms with van der Waals surface area (Å²) in [7, 11) is -7.90. The predicted molar refractivity (Wildman–Crippen MR) is 95.4 cm³/mol. The number of ether oxygens (including phenoxy) is 1. The van der Waals surface area contributed by atoms with Crippen LogP contribution < -0.4 is 14.2 Å². The largest absolute Gasteiger partial charge is 0.497 e. The van der Waals surface area contributed by atoms with Crippen molar-refractivity contribution in [3.63, 3.8) is 0 Å². The molecule has 1 atom stereocenters. The first kappa shape index (κ1) is 22.6. The lowest BCUT2D eigenvalue weighted by atomic mass is 10.1. The first-order valence-corrected chi connectivity index (χ1v) is 10.9. The molecule has 0 bridgehead atoms. The summed E-state index contributed by atoms with van der Waals surface area (Å²) in [5.74, 6) is -3.21. The number of nitrogens with one attached hydrogen (secondary N) is 2. The number of methoxy groups -OCH3 is 1. The van der Waals surface area contributed by atoms with Gasteiger partial charge in [-0.1, -0.05) is 13.8 Å². The average Bonchev–Trinajstić information content (AvgIpc) is 2.51. The van der Waals surface area contributed by atoms with E-state index in [1.807, 2.05) is 13.8 Å². The maximum Gasteiger partial charge on any atom is 0.355 e. The Labute approximate surface area is 153 Å². The molecule has 0 unspecified atom stereocenters. The van der Waals surface area contributed by atoms with Gasteiger partial charge in [0.05, 0.1) is 12.8 Å². The third-order valence-electron chi connectivity index (χ3n) is 3.50. The second-order valence-corrected chi connectivity index (χ2v) is 9.60. The molecule has 0 saturated carbocycles. The van der Waals surface area contributed by atoms with Crippen LogP contribution in [0.4, 0.5) is 14.5 Å². The van der Waals surface area contributed by atoms with Crippen LogP contribution in [-0.4, -0.2) is 35.7 Å². The molecule has 1 rings (SSSR count). The van der Waals surface area contributed by atoms with E-state index in [0.29, 0.717) is 12.3 Å². The van der Waals surface area contributed by atoms with Gasteiger partial charge in [-0.15, -0.1) is 0 Å². The molecule has 0 spiro atoms. The Morgan fingerprint density at radius 1 is 1.08 bits per heavy atom. The van der Waals surface area contributed by atoms with Crippen LogP contribution in [0, 0.1) is 5.92 Å². The zero-order valence-corrected chi connectivity index (χ0v) is 16.6. The van der Waals surface area contributed by atoms with Gasteiger partial charge in [-0.25, -0.2) is 21.6 Å². The van der Waals surface area contributed by atoms with Crippen molar-refractivity contribution >= 4 is 25.7 Å². The zero-order valence-electron chi connectivity index (χ0n) is 15.0. The molecule has 26 heavy (non-hydrogen) atoms. The minimum Gasteiger partial charge on any atom is -0.497 e. The second-order valence-electron chi connectivity index (χ2n) is 6.26. The number of alkyl halides is 2. The van der Waals surface area contributed by atoms with Crippen molar-refractivity contribution in [1.82, 2.24) is 4.72 Å². The molecule has 150 valence electrons. The van der Waals surface area contributed by atoms with Gasteiger partial charge in [-0.2, -0.15) is 8.78 Å². The zero-order chi connectivity index (χ0) is 20.1. The van der Waals surface area contributed by atoms with Gasteiger partial charge in [-0.05, 0) is 37.8 Å². The summed E-state index contributed by atoms with van der Waals surface area (Å²) in [6.07, 6.45) is 1.36. The summed E-state index contributed by atoms with van der Waals surface area (Å²) in [6, 6.07) is 3.02. The van der Waals surface area contributed by atoms with E-state index < -0.39 is 42.4 Å². The molecular formula is C15H24F2N2O5S2. The number of hydrogen-bond donors (Lipinski definition) is 2. The van der Waals surface area contributed by atoms with Crippen molar-refractivity contribution in [2.45, 2.75) is 50.3 Å². The summed E-state index contributed by atoms with van der Waals surface area (Å²) in [6.45, 7) is 5.68. The molecule has 0 aromatic heterocycles.